The topological polar surface area (TPSA) is 62.4 Å². The molecular weight excluding hydrogens is 450 g/mol. The average molecular weight is 470 g/mol. The second-order valence-electron chi connectivity index (χ2n) is 6.27. The SMILES string of the molecule is Cc1cc(Br)ccc1OCC(=O)NC(=S)Nc1ccc(Nc2ccccc2)cc1. The molecule has 7 heteroatoms. The third-order valence-electron chi connectivity index (χ3n) is 3.95. The van der Waals surface area contributed by atoms with Crippen molar-refractivity contribution in [2.45, 2.75) is 6.92 Å². The van der Waals surface area contributed by atoms with Gasteiger partial charge in [-0.15, -0.1) is 0 Å². The lowest BCUT2D eigenvalue weighted by Gasteiger charge is -2.12. The van der Waals surface area contributed by atoms with Gasteiger partial charge in [-0.25, -0.2) is 0 Å². The third-order valence-corrected chi connectivity index (χ3v) is 4.65. The summed E-state index contributed by atoms with van der Waals surface area (Å²) in [7, 11) is 0. The van der Waals surface area contributed by atoms with Gasteiger partial charge in [-0.1, -0.05) is 34.1 Å². The van der Waals surface area contributed by atoms with E-state index in [1.165, 1.54) is 0 Å². The Morgan fingerprint density at radius 3 is 2.31 bits per heavy atom. The maximum Gasteiger partial charge on any atom is 0.264 e. The van der Waals surface area contributed by atoms with Crippen molar-refractivity contribution in [3.05, 3.63) is 82.8 Å². The van der Waals surface area contributed by atoms with Crippen molar-refractivity contribution in [2.24, 2.45) is 0 Å². The smallest absolute Gasteiger partial charge is 0.264 e. The molecule has 0 unspecified atom stereocenters. The maximum atomic E-state index is 12.1. The summed E-state index contributed by atoms with van der Waals surface area (Å²) in [5.41, 5.74) is 3.68. The number of thiocarbonyl (C=S) groups is 1. The molecular formula is C22H20BrN3O2S. The number of aryl methyl sites for hydroxylation is 1. The van der Waals surface area contributed by atoms with Crippen LogP contribution in [0, 0.1) is 6.92 Å². The molecule has 3 aromatic carbocycles. The highest BCUT2D eigenvalue weighted by molar-refractivity contribution is 9.10. The van der Waals surface area contributed by atoms with Crippen LogP contribution in [0.1, 0.15) is 5.56 Å². The molecule has 0 atom stereocenters. The molecule has 0 aliphatic heterocycles. The first kappa shape index (κ1) is 20.8. The van der Waals surface area contributed by atoms with E-state index in [2.05, 4.69) is 31.9 Å². The first-order chi connectivity index (χ1) is 14.0. The highest BCUT2D eigenvalue weighted by Gasteiger charge is 2.08. The van der Waals surface area contributed by atoms with Gasteiger partial charge in [0, 0.05) is 21.5 Å². The summed E-state index contributed by atoms with van der Waals surface area (Å²) < 4.78 is 6.51. The van der Waals surface area contributed by atoms with Crippen LogP contribution in [0.15, 0.2) is 77.3 Å². The molecule has 3 N–H and O–H groups in total. The molecule has 0 bridgehead atoms. The van der Waals surface area contributed by atoms with Crippen LogP contribution >= 0.6 is 28.1 Å². The highest BCUT2D eigenvalue weighted by atomic mass is 79.9. The summed E-state index contributed by atoms with van der Waals surface area (Å²) in [4.78, 5) is 12.1. The van der Waals surface area contributed by atoms with Crippen molar-refractivity contribution in [3.63, 3.8) is 0 Å². The van der Waals surface area contributed by atoms with E-state index >= 15 is 0 Å². The van der Waals surface area contributed by atoms with Crippen LogP contribution in [0.3, 0.4) is 0 Å². The van der Waals surface area contributed by atoms with Crippen LogP contribution in [0.5, 0.6) is 5.75 Å². The standard InChI is InChI=1S/C22H20BrN3O2S/c1-15-13-16(23)7-12-20(15)28-14-21(27)26-22(29)25-19-10-8-18(9-11-19)24-17-5-3-2-4-6-17/h2-13,24H,14H2,1H3,(H2,25,26,27,29). The second kappa shape index (κ2) is 10.0. The predicted octanol–water partition coefficient (Wildman–Crippen LogP) is 5.39. The van der Waals surface area contributed by atoms with Gasteiger partial charge >= 0.3 is 0 Å². The Hall–Kier alpha value is -2.90. The summed E-state index contributed by atoms with van der Waals surface area (Å²) in [6, 6.07) is 23.1. The summed E-state index contributed by atoms with van der Waals surface area (Å²) in [5, 5.41) is 9.13. The van der Waals surface area contributed by atoms with Gasteiger partial charge in [0.2, 0.25) is 0 Å². The Morgan fingerprint density at radius 1 is 0.966 bits per heavy atom. The van der Waals surface area contributed by atoms with Crippen molar-refractivity contribution >= 4 is 56.2 Å². The van der Waals surface area contributed by atoms with E-state index in [1.54, 1.807) is 0 Å². The Labute approximate surface area is 183 Å². The van der Waals surface area contributed by atoms with Gasteiger partial charge in [0.15, 0.2) is 11.7 Å². The number of carbonyl (C=O) groups excluding carboxylic acids is 1. The van der Waals surface area contributed by atoms with E-state index in [1.807, 2.05) is 79.7 Å². The molecule has 0 heterocycles. The van der Waals surface area contributed by atoms with Crippen LogP contribution in [0.4, 0.5) is 17.1 Å². The van der Waals surface area contributed by atoms with Crippen LogP contribution in [-0.4, -0.2) is 17.6 Å². The number of amides is 1. The Kier molecular flexibility index (Phi) is 7.21. The van der Waals surface area contributed by atoms with Crippen LogP contribution in [0.2, 0.25) is 0 Å². The molecule has 3 aromatic rings. The van der Waals surface area contributed by atoms with Gasteiger partial charge in [0.05, 0.1) is 0 Å². The Morgan fingerprint density at radius 2 is 1.62 bits per heavy atom. The number of halogens is 1. The molecule has 0 aliphatic carbocycles. The molecule has 0 fully saturated rings. The van der Waals surface area contributed by atoms with E-state index in [0.717, 1.165) is 27.1 Å². The molecule has 1 amide bonds. The lowest BCUT2D eigenvalue weighted by molar-refractivity contribution is -0.121. The number of nitrogens with one attached hydrogen (secondary N) is 3. The first-order valence-electron chi connectivity index (χ1n) is 8.91. The number of hydrogen-bond donors (Lipinski definition) is 3. The fourth-order valence-electron chi connectivity index (χ4n) is 2.57. The normalized spacial score (nSPS) is 10.1. The minimum atomic E-state index is -0.327. The molecule has 0 aromatic heterocycles. The number of benzene rings is 3. The predicted molar refractivity (Wildman–Crippen MR) is 125 cm³/mol. The number of carbonyl (C=O) groups is 1. The number of para-hydroxylation sites is 1. The van der Waals surface area contributed by atoms with Crippen molar-refractivity contribution in [3.8, 4) is 5.75 Å². The van der Waals surface area contributed by atoms with Crippen molar-refractivity contribution in [2.75, 3.05) is 17.2 Å². The van der Waals surface area contributed by atoms with E-state index in [4.69, 9.17) is 17.0 Å². The molecule has 5 nitrogen and oxygen atoms in total. The zero-order valence-corrected chi connectivity index (χ0v) is 18.1. The van der Waals surface area contributed by atoms with Gasteiger partial charge in [-0.05, 0) is 79.3 Å². The second-order valence-corrected chi connectivity index (χ2v) is 7.59. The number of ether oxygens (including phenoxy) is 1. The zero-order valence-electron chi connectivity index (χ0n) is 15.7. The minimum absolute atomic E-state index is 0.121. The highest BCUT2D eigenvalue weighted by Crippen LogP contribution is 2.22. The quantitative estimate of drug-likeness (QED) is 0.422. The van der Waals surface area contributed by atoms with Gasteiger partial charge in [0.1, 0.15) is 5.75 Å². The van der Waals surface area contributed by atoms with Crippen molar-refractivity contribution in [1.82, 2.24) is 5.32 Å². The average Bonchev–Trinajstić information content (AvgIpc) is 2.69. The molecule has 0 spiro atoms. The van der Waals surface area contributed by atoms with E-state index in [9.17, 15) is 4.79 Å². The van der Waals surface area contributed by atoms with Crippen LogP contribution in [-0.2, 0) is 4.79 Å². The van der Waals surface area contributed by atoms with Crippen LogP contribution in [0.25, 0.3) is 0 Å². The summed E-state index contributed by atoms with van der Waals surface area (Å²) in [5.74, 6) is 0.330. The largest absolute Gasteiger partial charge is 0.483 e. The fourth-order valence-corrected chi connectivity index (χ4v) is 3.28. The van der Waals surface area contributed by atoms with Gasteiger partial charge in [-0.2, -0.15) is 0 Å². The zero-order chi connectivity index (χ0) is 20.6. The fraction of sp³-hybridized carbons (Fsp3) is 0.0909. The first-order valence-corrected chi connectivity index (χ1v) is 10.1. The lowest BCUT2D eigenvalue weighted by atomic mass is 10.2. The molecule has 0 saturated carbocycles. The van der Waals surface area contributed by atoms with Gasteiger partial charge in [-0.3, -0.25) is 10.1 Å². The number of hydrogen-bond acceptors (Lipinski definition) is 4. The molecule has 29 heavy (non-hydrogen) atoms. The summed E-state index contributed by atoms with van der Waals surface area (Å²) in [6.45, 7) is 1.80. The van der Waals surface area contributed by atoms with Crippen molar-refractivity contribution in [1.29, 1.82) is 0 Å². The minimum Gasteiger partial charge on any atom is -0.483 e. The van der Waals surface area contributed by atoms with Gasteiger partial charge < -0.3 is 15.4 Å². The van der Waals surface area contributed by atoms with Gasteiger partial charge in [0.25, 0.3) is 5.91 Å². The lowest BCUT2D eigenvalue weighted by Crippen LogP contribution is -2.37. The summed E-state index contributed by atoms with van der Waals surface area (Å²) >= 11 is 8.60. The van der Waals surface area contributed by atoms with Crippen molar-refractivity contribution < 1.29 is 9.53 Å². The molecule has 3 rings (SSSR count). The molecule has 0 radical (unpaired) electrons. The molecule has 148 valence electrons. The monoisotopic (exact) mass is 469 g/mol. The maximum absolute atomic E-state index is 12.1. The van der Waals surface area contributed by atoms with E-state index < -0.39 is 0 Å². The van der Waals surface area contributed by atoms with Crippen LogP contribution < -0.4 is 20.7 Å². The number of rotatable bonds is 6. The van der Waals surface area contributed by atoms with E-state index in [-0.39, 0.29) is 17.6 Å². The molecule has 0 saturated heterocycles. The molecule has 0 aliphatic rings. The third kappa shape index (κ3) is 6.58. The Bertz CT molecular complexity index is 995. The van der Waals surface area contributed by atoms with E-state index in [0.29, 0.717) is 5.75 Å². The number of anilines is 3. The summed E-state index contributed by atoms with van der Waals surface area (Å²) in [6.07, 6.45) is 0. The Balaban J connectivity index is 1.46.